The van der Waals surface area contributed by atoms with Gasteiger partial charge >= 0.3 is 6.03 Å². The van der Waals surface area contributed by atoms with E-state index in [1.165, 1.54) is 0 Å². The van der Waals surface area contributed by atoms with E-state index in [0.29, 0.717) is 13.1 Å². The second-order valence-electron chi connectivity index (χ2n) is 6.69. The summed E-state index contributed by atoms with van der Waals surface area (Å²) in [6.45, 7) is 8.45. The topological polar surface area (TPSA) is 65.5 Å². The zero-order valence-corrected chi connectivity index (χ0v) is 13.9. The summed E-state index contributed by atoms with van der Waals surface area (Å²) in [5, 5.41) is 15.2. The highest BCUT2D eigenvalue weighted by Gasteiger charge is 2.23. The number of piperidine rings is 1. The highest BCUT2D eigenvalue weighted by atomic mass is 32.1. The van der Waals surface area contributed by atoms with Crippen LogP contribution in [0.25, 0.3) is 0 Å². The number of thiazole rings is 1. The van der Waals surface area contributed by atoms with Gasteiger partial charge in [-0.25, -0.2) is 9.78 Å². The summed E-state index contributed by atoms with van der Waals surface area (Å²) in [5.41, 5.74) is 0.961. The van der Waals surface area contributed by atoms with Gasteiger partial charge in [-0.3, -0.25) is 0 Å². The molecule has 0 aliphatic carbocycles. The summed E-state index contributed by atoms with van der Waals surface area (Å²) in [5.74, 6) is 0.219. The molecule has 21 heavy (non-hydrogen) atoms. The van der Waals surface area contributed by atoms with Crippen LogP contribution in [0.5, 0.6) is 0 Å². The fourth-order valence-electron chi connectivity index (χ4n) is 2.41. The summed E-state index contributed by atoms with van der Waals surface area (Å²) in [6, 6.07) is -0.0570. The third kappa shape index (κ3) is 4.41. The van der Waals surface area contributed by atoms with Crippen LogP contribution >= 0.6 is 11.3 Å². The van der Waals surface area contributed by atoms with Crippen LogP contribution in [-0.4, -0.2) is 40.7 Å². The van der Waals surface area contributed by atoms with E-state index in [2.05, 4.69) is 31.1 Å². The molecule has 2 heterocycles. The number of carbonyl (C=O) groups is 1. The Hall–Kier alpha value is -1.14. The predicted molar refractivity (Wildman–Crippen MR) is 84.4 cm³/mol. The summed E-state index contributed by atoms with van der Waals surface area (Å²) in [6.07, 6.45) is 1.96. The summed E-state index contributed by atoms with van der Waals surface area (Å²) < 4.78 is 0. The number of urea groups is 1. The van der Waals surface area contributed by atoms with Crippen molar-refractivity contribution in [2.24, 2.45) is 5.92 Å². The molecule has 0 saturated carbocycles. The van der Waals surface area contributed by atoms with Crippen LogP contribution in [0.1, 0.15) is 44.3 Å². The van der Waals surface area contributed by atoms with Gasteiger partial charge in [-0.2, -0.15) is 0 Å². The molecule has 2 N–H and O–H groups in total. The van der Waals surface area contributed by atoms with Crippen molar-refractivity contribution in [3.63, 3.8) is 0 Å². The molecule has 2 rings (SSSR count). The quantitative estimate of drug-likeness (QED) is 0.900. The average molecular weight is 311 g/mol. The number of aliphatic hydroxyl groups excluding tert-OH is 1. The third-order valence-electron chi connectivity index (χ3n) is 3.68. The Kier molecular flexibility index (Phi) is 5.22. The van der Waals surface area contributed by atoms with Gasteiger partial charge in [0.2, 0.25) is 0 Å². The molecule has 0 aromatic carbocycles. The number of rotatable bonds is 3. The van der Waals surface area contributed by atoms with Crippen molar-refractivity contribution >= 4 is 17.4 Å². The van der Waals surface area contributed by atoms with Crippen LogP contribution in [0.15, 0.2) is 5.38 Å². The van der Waals surface area contributed by atoms with Crippen LogP contribution in [0.4, 0.5) is 4.79 Å². The smallest absolute Gasteiger partial charge is 0.317 e. The van der Waals surface area contributed by atoms with Gasteiger partial charge in [0.25, 0.3) is 0 Å². The molecule has 1 aromatic rings. The highest BCUT2D eigenvalue weighted by molar-refractivity contribution is 7.09. The Balaban J connectivity index is 1.85. The first-order valence-corrected chi connectivity index (χ1v) is 8.36. The average Bonchev–Trinajstić information content (AvgIpc) is 2.94. The van der Waals surface area contributed by atoms with Gasteiger partial charge in [-0.1, -0.05) is 20.8 Å². The summed E-state index contributed by atoms with van der Waals surface area (Å²) in [7, 11) is 0. The van der Waals surface area contributed by atoms with Gasteiger partial charge in [-0.05, 0) is 18.8 Å². The molecule has 0 radical (unpaired) electrons. The normalized spacial score (nSPS) is 19.6. The lowest BCUT2D eigenvalue weighted by atomic mass is 9.98. The fourth-order valence-corrected chi connectivity index (χ4v) is 3.32. The number of hydrogen-bond donors (Lipinski definition) is 2. The number of nitrogens with zero attached hydrogens (tertiary/aromatic N) is 2. The third-order valence-corrected chi connectivity index (χ3v) is 5.00. The van der Waals surface area contributed by atoms with E-state index in [-0.39, 0.29) is 24.0 Å². The molecule has 0 spiro atoms. The Bertz CT molecular complexity index is 482. The monoisotopic (exact) mass is 311 g/mol. The number of amides is 2. The number of carbonyl (C=O) groups excluding carboxylic acids is 1. The highest BCUT2D eigenvalue weighted by Crippen LogP contribution is 2.25. The molecule has 118 valence electrons. The lowest BCUT2D eigenvalue weighted by molar-refractivity contribution is 0.129. The molecule has 5 nitrogen and oxygen atoms in total. The van der Waals surface area contributed by atoms with E-state index in [1.807, 2.05) is 5.38 Å². The van der Waals surface area contributed by atoms with E-state index < -0.39 is 0 Å². The van der Waals surface area contributed by atoms with Gasteiger partial charge < -0.3 is 15.3 Å². The van der Waals surface area contributed by atoms with Crippen LogP contribution in [-0.2, 0) is 12.0 Å². The van der Waals surface area contributed by atoms with E-state index in [0.717, 1.165) is 30.1 Å². The maximum Gasteiger partial charge on any atom is 0.317 e. The minimum atomic E-state index is -0.0570. The second-order valence-corrected chi connectivity index (χ2v) is 7.55. The Morgan fingerprint density at radius 2 is 2.33 bits per heavy atom. The van der Waals surface area contributed by atoms with Crippen LogP contribution in [0, 0.1) is 5.92 Å². The van der Waals surface area contributed by atoms with Crippen molar-refractivity contribution in [3.8, 4) is 0 Å². The molecule has 1 saturated heterocycles. The molecule has 2 amide bonds. The molecule has 0 bridgehead atoms. The first kappa shape index (κ1) is 16.2. The molecule has 1 unspecified atom stereocenters. The van der Waals surface area contributed by atoms with Crippen molar-refractivity contribution < 1.29 is 9.90 Å². The van der Waals surface area contributed by atoms with Gasteiger partial charge in [0.05, 0.1) is 17.2 Å². The lowest BCUT2D eigenvalue weighted by Gasteiger charge is -2.31. The van der Waals surface area contributed by atoms with E-state index >= 15 is 0 Å². The van der Waals surface area contributed by atoms with Gasteiger partial charge in [0, 0.05) is 30.5 Å². The lowest BCUT2D eigenvalue weighted by Crippen LogP contribution is -2.45. The molecule has 1 fully saturated rings. The molecular formula is C15H25N3O2S. The number of aromatic nitrogens is 1. The molecule has 1 aliphatic heterocycles. The molecule has 1 atom stereocenters. The fraction of sp³-hybridized carbons (Fsp3) is 0.733. The number of aliphatic hydroxyl groups is 1. The van der Waals surface area contributed by atoms with Gasteiger partial charge in [-0.15, -0.1) is 11.3 Å². The maximum absolute atomic E-state index is 12.1. The maximum atomic E-state index is 12.1. The Morgan fingerprint density at radius 1 is 1.57 bits per heavy atom. The van der Waals surface area contributed by atoms with Crippen molar-refractivity contribution in [3.05, 3.63) is 16.1 Å². The zero-order chi connectivity index (χ0) is 15.5. The summed E-state index contributed by atoms with van der Waals surface area (Å²) >= 11 is 1.64. The van der Waals surface area contributed by atoms with Crippen molar-refractivity contribution in [2.45, 2.75) is 45.6 Å². The minimum Gasteiger partial charge on any atom is -0.396 e. The Labute approximate surface area is 130 Å². The first-order chi connectivity index (χ1) is 9.90. The molecule has 1 aromatic heterocycles. The van der Waals surface area contributed by atoms with Gasteiger partial charge in [0.1, 0.15) is 0 Å². The van der Waals surface area contributed by atoms with Crippen molar-refractivity contribution in [2.75, 3.05) is 19.7 Å². The van der Waals surface area contributed by atoms with E-state index in [1.54, 1.807) is 16.2 Å². The largest absolute Gasteiger partial charge is 0.396 e. The predicted octanol–water partition coefficient (Wildman–Crippen LogP) is 2.35. The van der Waals surface area contributed by atoms with Gasteiger partial charge in [0.15, 0.2) is 0 Å². The molecule has 1 aliphatic rings. The van der Waals surface area contributed by atoms with E-state index in [9.17, 15) is 9.90 Å². The zero-order valence-electron chi connectivity index (χ0n) is 13.1. The first-order valence-electron chi connectivity index (χ1n) is 7.48. The van der Waals surface area contributed by atoms with Crippen LogP contribution < -0.4 is 5.32 Å². The Morgan fingerprint density at radius 3 is 2.95 bits per heavy atom. The van der Waals surface area contributed by atoms with Crippen molar-refractivity contribution in [1.82, 2.24) is 15.2 Å². The molecular weight excluding hydrogens is 286 g/mol. The standard InChI is InChI=1S/C15H25N3O2S/c1-15(2,3)13-17-12(10-21-13)7-16-14(20)18-6-4-5-11(8-18)9-19/h10-11,19H,4-9H2,1-3H3,(H,16,20). The van der Waals surface area contributed by atoms with Crippen LogP contribution in [0.3, 0.4) is 0 Å². The number of likely N-dealkylation sites (tertiary alicyclic amines) is 1. The minimum absolute atomic E-state index is 0.0497. The second kappa shape index (κ2) is 6.75. The van der Waals surface area contributed by atoms with Crippen LogP contribution in [0.2, 0.25) is 0 Å². The molecule has 6 heteroatoms. The summed E-state index contributed by atoms with van der Waals surface area (Å²) in [4.78, 5) is 18.5. The number of nitrogens with one attached hydrogen (secondary N) is 1. The van der Waals surface area contributed by atoms with Crippen molar-refractivity contribution in [1.29, 1.82) is 0 Å². The number of hydrogen-bond acceptors (Lipinski definition) is 4. The van der Waals surface area contributed by atoms with E-state index in [4.69, 9.17) is 0 Å². The SMILES string of the molecule is CC(C)(C)c1nc(CNC(=O)N2CCCC(CO)C2)cs1.